The molecular formula is C17H20N2O4S2. The molecule has 0 saturated carbocycles. The van der Waals surface area contributed by atoms with E-state index in [1.165, 1.54) is 28.6 Å². The molecule has 2 aliphatic rings. The fourth-order valence-electron chi connectivity index (χ4n) is 3.40. The second-order valence-corrected chi connectivity index (χ2v) is 8.55. The summed E-state index contributed by atoms with van der Waals surface area (Å²) in [4.78, 5) is 31.9. The molecule has 2 aromatic rings. The molecule has 8 heteroatoms. The number of hydrogen-bond donors (Lipinski definition) is 0. The first-order valence-corrected chi connectivity index (χ1v) is 10.3. The zero-order chi connectivity index (χ0) is 17.4. The third-order valence-electron chi connectivity index (χ3n) is 4.69. The molecule has 6 nitrogen and oxygen atoms in total. The van der Waals surface area contributed by atoms with Crippen LogP contribution in [0, 0.1) is 0 Å². The SMILES string of the molecule is COCCn1c(S[C@@H]2CCOC2=O)nc2sc3c(c2c1=O)CCCC3. The van der Waals surface area contributed by atoms with E-state index in [1.807, 2.05) is 0 Å². The number of carbonyl (C=O) groups excluding carboxylic acids is 1. The molecule has 1 fully saturated rings. The topological polar surface area (TPSA) is 70.4 Å². The number of aryl methyl sites for hydroxylation is 2. The average molecular weight is 380 g/mol. The lowest BCUT2D eigenvalue weighted by molar-refractivity contribution is -0.137. The summed E-state index contributed by atoms with van der Waals surface area (Å²) in [5.41, 5.74) is 1.18. The van der Waals surface area contributed by atoms with Gasteiger partial charge >= 0.3 is 5.97 Å². The van der Waals surface area contributed by atoms with Gasteiger partial charge in [0.15, 0.2) is 5.16 Å². The van der Waals surface area contributed by atoms with E-state index in [9.17, 15) is 9.59 Å². The number of rotatable bonds is 5. The third-order valence-corrected chi connectivity index (χ3v) is 7.11. The second-order valence-electron chi connectivity index (χ2n) is 6.30. The molecular weight excluding hydrogens is 360 g/mol. The van der Waals surface area contributed by atoms with E-state index in [1.54, 1.807) is 23.0 Å². The van der Waals surface area contributed by atoms with Crippen molar-refractivity contribution < 1.29 is 14.3 Å². The van der Waals surface area contributed by atoms with Gasteiger partial charge in [-0.15, -0.1) is 11.3 Å². The fourth-order valence-corrected chi connectivity index (χ4v) is 5.79. The molecule has 0 bridgehead atoms. The number of nitrogens with zero attached hydrogens (tertiary/aromatic N) is 2. The van der Waals surface area contributed by atoms with Gasteiger partial charge in [0, 0.05) is 18.4 Å². The van der Waals surface area contributed by atoms with Gasteiger partial charge in [0.25, 0.3) is 5.56 Å². The maximum atomic E-state index is 13.2. The molecule has 0 unspecified atom stereocenters. The Kier molecular flexibility index (Phi) is 4.84. The maximum Gasteiger partial charge on any atom is 0.319 e. The van der Waals surface area contributed by atoms with Gasteiger partial charge in [-0.2, -0.15) is 0 Å². The van der Waals surface area contributed by atoms with E-state index in [2.05, 4.69) is 0 Å². The monoisotopic (exact) mass is 380 g/mol. The number of ether oxygens (including phenoxy) is 2. The summed E-state index contributed by atoms with van der Waals surface area (Å²) >= 11 is 2.97. The number of methoxy groups -OCH3 is 1. The van der Waals surface area contributed by atoms with Crippen LogP contribution in [0.25, 0.3) is 10.2 Å². The predicted octanol–water partition coefficient (Wildman–Crippen LogP) is 2.39. The van der Waals surface area contributed by atoms with Crippen molar-refractivity contribution in [2.24, 2.45) is 0 Å². The van der Waals surface area contributed by atoms with Crippen LogP contribution < -0.4 is 5.56 Å². The highest BCUT2D eigenvalue weighted by atomic mass is 32.2. The zero-order valence-corrected chi connectivity index (χ0v) is 15.7. The van der Waals surface area contributed by atoms with Crippen LogP contribution in [0.5, 0.6) is 0 Å². The van der Waals surface area contributed by atoms with Crippen molar-refractivity contribution in [3.05, 3.63) is 20.8 Å². The van der Waals surface area contributed by atoms with Crippen molar-refractivity contribution >= 4 is 39.3 Å². The number of fused-ring (bicyclic) bond motifs is 3. The largest absolute Gasteiger partial charge is 0.465 e. The maximum absolute atomic E-state index is 13.2. The second kappa shape index (κ2) is 7.09. The molecule has 0 aromatic carbocycles. The summed E-state index contributed by atoms with van der Waals surface area (Å²) in [6.45, 7) is 1.31. The van der Waals surface area contributed by atoms with Crippen LogP contribution in [0.15, 0.2) is 9.95 Å². The molecule has 1 aliphatic carbocycles. The molecule has 0 spiro atoms. The van der Waals surface area contributed by atoms with Crippen LogP contribution in [-0.2, 0) is 33.7 Å². The normalized spacial score (nSPS) is 20.0. The first-order valence-electron chi connectivity index (χ1n) is 8.56. The van der Waals surface area contributed by atoms with Gasteiger partial charge in [-0.3, -0.25) is 14.2 Å². The highest BCUT2D eigenvalue weighted by Gasteiger charge is 2.30. The van der Waals surface area contributed by atoms with Gasteiger partial charge in [0.1, 0.15) is 10.1 Å². The zero-order valence-electron chi connectivity index (χ0n) is 14.1. The Hall–Kier alpha value is -1.38. The molecule has 134 valence electrons. The molecule has 0 amide bonds. The number of thioether (sulfide) groups is 1. The van der Waals surface area contributed by atoms with Crippen molar-refractivity contribution in [1.29, 1.82) is 0 Å². The van der Waals surface area contributed by atoms with Gasteiger partial charge in [0.05, 0.1) is 25.1 Å². The molecule has 4 rings (SSSR count). The summed E-state index contributed by atoms with van der Waals surface area (Å²) in [5, 5.41) is 1.08. The minimum absolute atomic E-state index is 0.00434. The standard InChI is InChI=1S/C17H20N2O4S2/c1-22-9-7-19-15(20)13-10-4-2-3-5-11(10)24-14(13)18-17(19)25-12-6-8-23-16(12)21/h12H,2-9H2,1H3/t12-/m1/s1. The summed E-state index contributed by atoms with van der Waals surface area (Å²) < 4.78 is 11.9. The average Bonchev–Trinajstić information content (AvgIpc) is 3.18. The summed E-state index contributed by atoms with van der Waals surface area (Å²) in [7, 11) is 1.62. The first-order chi connectivity index (χ1) is 12.2. The van der Waals surface area contributed by atoms with E-state index in [4.69, 9.17) is 14.5 Å². The molecule has 2 aromatic heterocycles. The number of hydrogen-bond acceptors (Lipinski definition) is 7. The summed E-state index contributed by atoms with van der Waals surface area (Å²) in [6.07, 6.45) is 4.94. The van der Waals surface area contributed by atoms with Gasteiger partial charge in [0.2, 0.25) is 0 Å². The summed E-state index contributed by atoms with van der Waals surface area (Å²) in [6, 6.07) is 0. The Morgan fingerprint density at radius 3 is 2.96 bits per heavy atom. The smallest absolute Gasteiger partial charge is 0.319 e. The summed E-state index contributed by atoms with van der Waals surface area (Å²) in [5.74, 6) is -0.219. The number of thiophene rings is 1. The number of carbonyl (C=O) groups is 1. The van der Waals surface area contributed by atoms with E-state index >= 15 is 0 Å². The Morgan fingerprint density at radius 2 is 2.20 bits per heavy atom. The lowest BCUT2D eigenvalue weighted by Crippen LogP contribution is -2.26. The molecule has 1 aliphatic heterocycles. The molecule has 0 N–H and O–H groups in total. The Labute approximate surface area is 153 Å². The van der Waals surface area contributed by atoms with Gasteiger partial charge in [-0.1, -0.05) is 11.8 Å². The molecule has 1 atom stereocenters. The van der Waals surface area contributed by atoms with E-state index < -0.39 is 0 Å². The van der Waals surface area contributed by atoms with Crippen molar-refractivity contribution in [3.8, 4) is 0 Å². The van der Waals surface area contributed by atoms with Crippen LogP contribution in [-0.4, -0.2) is 41.1 Å². The van der Waals surface area contributed by atoms with Crippen LogP contribution in [0.3, 0.4) is 0 Å². The lowest BCUT2D eigenvalue weighted by atomic mass is 9.97. The van der Waals surface area contributed by atoms with E-state index in [0.29, 0.717) is 31.3 Å². The Balaban J connectivity index is 1.82. The van der Waals surface area contributed by atoms with Crippen LogP contribution in [0.2, 0.25) is 0 Å². The predicted molar refractivity (Wildman–Crippen MR) is 97.6 cm³/mol. The molecule has 0 radical (unpaired) electrons. The van der Waals surface area contributed by atoms with Crippen molar-refractivity contribution in [1.82, 2.24) is 9.55 Å². The minimum atomic E-state index is -0.285. The lowest BCUT2D eigenvalue weighted by Gasteiger charge is -2.14. The number of esters is 1. The number of aromatic nitrogens is 2. The van der Waals surface area contributed by atoms with Gasteiger partial charge in [-0.25, -0.2) is 4.98 Å². The van der Waals surface area contributed by atoms with E-state index in [0.717, 1.165) is 29.5 Å². The van der Waals surface area contributed by atoms with Crippen LogP contribution in [0.1, 0.15) is 29.7 Å². The highest BCUT2D eigenvalue weighted by molar-refractivity contribution is 8.00. The highest BCUT2D eigenvalue weighted by Crippen LogP contribution is 2.36. The van der Waals surface area contributed by atoms with Crippen molar-refractivity contribution in [2.75, 3.05) is 20.3 Å². The Morgan fingerprint density at radius 1 is 1.36 bits per heavy atom. The first kappa shape index (κ1) is 17.1. The van der Waals surface area contributed by atoms with Gasteiger partial charge < -0.3 is 9.47 Å². The quantitative estimate of drug-likeness (QED) is 0.586. The van der Waals surface area contributed by atoms with Crippen molar-refractivity contribution in [2.45, 2.75) is 49.1 Å². The van der Waals surface area contributed by atoms with Gasteiger partial charge in [-0.05, 0) is 31.2 Å². The molecule has 25 heavy (non-hydrogen) atoms. The van der Waals surface area contributed by atoms with Crippen LogP contribution >= 0.6 is 23.1 Å². The fraction of sp³-hybridized carbons (Fsp3) is 0.588. The molecule has 1 saturated heterocycles. The van der Waals surface area contributed by atoms with Crippen molar-refractivity contribution in [3.63, 3.8) is 0 Å². The minimum Gasteiger partial charge on any atom is -0.465 e. The van der Waals surface area contributed by atoms with Crippen LogP contribution in [0.4, 0.5) is 0 Å². The van der Waals surface area contributed by atoms with E-state index in [-0.39, 0.29) is 16.8 Å². The Bertz CT molecular complexity index is 874. The number of cyclic esters (lactones) is 1. The third kappa shape index (κ3) is 3.11. The molecule has 3 heterocycles.